The van der Waals surface area contributed by atoms with Gasteiger partial charge in [-0.3, -0.25) is 19.4 Å². The van der Waals surface area contributed by atoms with Crippen LogP contribution in [0.4, 0.5) is 10.1 Å². The Labute approximate surface area is 199 Å². The standard InChI is InChI=1S/C24H31FN4O4S/c1-17-13-22(18(2)29(17)21-7-12-34(32,33)16-21)23(30)14-27-8-10-28(11-9-27)15-24(31)26-20-5-3-19(25)4-6-20/h3-6,13,21H,7-12,14-16H2,1-2H3,(H,26,31)/t21-/m0/s1. The molecule has 1 atom stereocenters. The van der Waals surface area contributed by atoms with E-state index >= 15 is 0 Å². The summed E-state index contributed by atoms with van der Waals surface area (Å²) in [5.74, 6) is -0.143. The number of hydrogen-bond acceptors (Lipinski definition) is 6. The number of anilines is 1. The summed E-state index contributed by atoms with van der Waals surface area (Å²) in [6.07, 6.45) is 0.586. The van der Waals surface area contributed by atoms with Crippen molar-refractivity contribution in [3.05, 3.63) is 53.1 Å². The monoisotopic (exact) mass is 490 g/mol. The number of amides is 1. The Morgan fingerprint density at radius 3 is 2.24 bits per heavy atom. The first-order chi connectivity index (χ1) is 16.1. The first kappa shape index (κ1) is 24.6. The molecule has 0 spiro atoms. The van der Waals surface area contributed by atoms with Gasteiger partial charge in [0.15, 0.2) is 15.6 Å². The Morgan fingerprint density at radius 2 is 1.65 bits per heavy atom. The molecular weight excluding hydrogens is 459 g/mol. The lowest BCUT2D eigenvalue weighted by atomic mass is 10.1. The van der Waals surface area contributed by atoms with Crippen molar-refractivity contribution in [2.75, 3.05) is 56.1 Å². The molecule has 34 heavy (non-hydrogen) atoms. The fraction of sp³-hybridized carbons (Fsp3) is 0.500. The number of Topliss-reactive ketones (excluding diaryl/α,β-unsaturated/α-hetero) is 1. The largest absolute Gasteiger partial charge is 0.344 e. The van der Waals surface area contributed by atoms with Crippen LogP contribution in [0.15, 0.2) is 30.3 Å². The summed E-state index contributed by atoms with van der Waals surface area (Å²) in [6, 6.07) is 7.44. The highest BCUT2D eigenvalue weighted by molar-refractivity contribution is 7.91. The number of benzene rings is 1. The molecule has 2 aliphatic heterocycles. The summed E-state index contributed by atoms with van der Waals surface area (Å²) in [6.45, 7) is 7.04. The third kappa shape index (κ3) is 5.73. The summed E-state index contributed by atoms with van der Waals surface area (Å²) < 4.78 is 38.8. The Bertz CT molecular complexity index is 1170. The molecule has 2 aliphatic rings. The maximum Gasteiger partial charge on any atom is 0.238 e. The highest BCUT2D eigenvalue weighted by atomic mass is 32.2. The predicted molar refractivity (Wildman–Crippen MR) is 128 cm³/mol. The van der Waals surface area contributed by atoms with Crippen molar-refractivity contribution in [3.8, 4) is 0 Å². The third-order valence-corrected chi connectivity index (χ3v) is 8.44. The highest BCUT2D eigenvalue weighted by Gasteiger charge is 2.32. The van der Waals surface area contributed by atoms with E-state index in [9.17, 15) is 22.4 Å². The van der Waals surface area contributed by atoms with E-state index in [-0.39, 0.29) is 41.6 Å². The summed E-state index contributed by atoms with van der Waals surface area (Å²) in [4.78, 5) is 29.4. The molecule has 184 valence electrons. The molecule has 0 bridgehead atoms. The quantitative estimate of drug-likeness (QED) is 0.598. The summed E-state index contributed by atoms with van der Waals surface area (Å²) >= 11 is 0. The van der Waals surface area contributed by atoms with Gasteiger partial charge in [-0.05, 0) is 50.6 Å². The van der Waals surface area contributed by atoms with E-state index in [0.29, 0.717) is 50.4 Å². The molecule has 0 unspecified atom stereocenters. The lowest BCUT2D eigenvalue weighted by Gasteiger charge is -2.33. The van der Waals surface area contributed by atoms with E-state index in [1.165, 1.54) is 24.3 Å². The van der Waals surface area contributed by atoms with Gasteiger partial charge in [0.2, 0.25) is 5.91 Å². The molecule has 1 aromatic heterocycles. The fourth-order valence-electron chi connectivity index (χ4n) is 4.93. The van der Waals surface area contributed by atoms with Crippen molar-refractivity contribution in [2.24, 2.45) is 0 Å². The number of nitrogens with one attached hydrogen (secondary N) is 1. The van der Waals surface area contributed by atoms with Crippen LogP contribution in [0.2, 0.25) is 0 Å². The smallest absolute Gasteiger partial charge is 0.238 e. The molecule has 4 rings (SSSR count). The van der Waals surface area contributed by atoms with Crippen molar-refractivity contribution >= 4 is 27.2 Å². The van der Waals surface area contributed by atoms with Gasteiger partial charge in [-0.1, -0.05) is 0 Å². The minimum atomic E-state index is -3.01. The molecule has 0 aliphatic carbocycles. The normalized spacial score (nSPS) is 21.0. The van der Waals surface area contributed by atoms with E-state index in [0.717, 1.165) is 11.4 Å². The minimum Gasteiger partial charge on any atom is -0.344 e. The Balaban J connectivity index is 1.28. The molecule has 8 nitrogen and oxygen atoms in total. The number of hydrogen-bond donors (Lipinski definition) is 1. The molecule has 0 saturated carbocycles. The third-order valence-electron chi connectivity index (χ3n) is 6.69. The lowest BCUT2D eigenvalue weighted by Crippen LogP contribution is -2.49. The number of aryl methyl sites for hydroxylation is 1. The van der Waals surface area contributed by atoms with Crippen LogP contribution in [-0.2, 0) is 14.6 Å². The van der Waals surface area contributed by atoms with Crippen LogP contribution < -0.4 is 5.32 Å². The van der Waals surface area contributed by atoms with Crippen molar-refractivity contribution in [2.45, 2.75) is 26.3 Å². The molecule has 10 heteroatoms. The van der Waals surface area contributed by atoms with Gasteiger partial charge in [-0.15, -0.1) is 0 Å². The molecule has 3 heterocycles. The number of carbonyl (C=O) groups excluding carboxylic acids is 2. The molecule has 1 N–H and O–H groups in total. The number of ketones is 1. The van der Waals surface area contributed by atoms with E-state index in [1.54, 1.807) is 0 Å². The second-order valence-corrected chi connectivity index (χ2v) is 11.5. The second-order valence-electron chi connectivity index (χ2n) is 9.24. The highest BCUT2D eigenvalue weighted by Crippen LogP contribution is 2.29. The Kier molecular flexibility index (Phi) is 7.20. The van der Waals surface area contributed by atoms with Gasteiger partial charge < -0.3 is 9.88 Å². The molecular formula is C24H31FN4O4S. The van der Waals surface area contributed by atoms with Crippen molar-refractivity contribution in [1.29, 1.82) is 0 Å². The van der Waals surface area contributed by atoms with Crippen LogP contribution in [-0.4, -0.2) is 85.2 Å². The van der Waals surface area contributed by atoms with Crippen LogP contribution >= 0.6 is 0 Å². The molecule has 1 aromatic carbocycles. The zero-order chi connectivity index (χ0) is 24.5. The molecule has 0 radical (unpaired) electrons. The van der Waals surface area contributed by atoms with Crippen LogP contribution in [0.1, 0.15) is 34.2 Å². The van der Waals surface area contributed by atoms with Gasteiger partial charge in [0.05, 0.1) is 24.6 Å². The molecule has 2 saturated heterocycles. The van der Waals surface area contributed by atoms with Crippen molar-refractivity contribution < 1.29 is 22.4 Å². The number of piperazine rings is 1. The van der Waals surface area contributed by atoms with E-state index < -0.39 is 9.84 Å². The maximum absolute atomic E-state index is 13.1. The topological polar surface area (TPSA) is 91.7 Å². The summed E-state index contributed by atoms with van der Waals surface area (Å²) in [5, 5.41) is 2.77. The van der Waals surface area contributed by atoms with Crippen LogP contribution in [0.3, 0.4) is 0 Å². The maximum atomic E-state index is 13.1. The van der Waals surface area contributed by atoms with Gasteiger partial charge in [0, 0.05) is 54.9 Å². The van der Waals surface area contributed by atoms with Gasteiger partial charge in [0.1, 0.15) is 5.82 Å². The van der Waals surface area contributed by atoms with Gasteiger partial charge in [-0.2, -0.15) is 0 Å². The van der Waals surface area contributed by atoms with E-state index in [2.05, 4.69) is 10.2 Å². The Hall–Kier alpha value is -2.56. The SMILES string of the molecule is Cc1cc(C(=O)CN2CCN(CC(=O)Nc3ccc(F)cc3)CC2)c(C)n1[C@H]1CCS(=O)(=O)C1. The molecule has 2 aromatic rings. The van der Waals surface area contributed by atoms with E-state index in [1.807, 2.05) is 29.4 Å². The van der Waals surface area contributed by atoms with Gasteiger partial charge >= 0.3 is 0 Å². The number of aromatic nitrogens is 1. The lowest BCUT2D eigenvalue weighted by molar-refractivity contribution is -0.117. The van der Waals surface area contributed by atoms with E-state index in [4.69, 9.17) is 0 Å². The molecule has 2 fully saturated rings. The average molecular weight is 491 g/mol. The average Bonchev–Trinajstić information content (AvgIpc) is 3.28. The zero-order valence-corrected chi connectivity index (χ0v) is 20.4. The van der Waals surface area contributed by atoms with Crippen LogP contribution in [0, 0.1) is 19.7 Å². The number of sulfone groups is 1. The number of carbonyl (C=O) groups is 2. The first-order valence-electron chi connectivity index (χ1n) is 11.5. The molecule has 1 amide bonds. The first-order valence-corrected chi connectivity index (χ1v) is 13.4. The predicted octanol–water partition coefficient (Wildman–Crippen LogP) is 2.04. The number of halogens is 1. The summed E-state index contributed by atoms with van der Waals surface area (Å²) in [7, 11) is -3.01. The van der Waals surface area contributed by atoms with Gasteiger partial charge in [0.25, 0.3) is 0 Å². The van der Waals surface area contributed by atoms with Crippen LogP contribution in [0.25, 0.3) is 0 Å². The summed E-state index contributed by atoms with van der Waals surface area (Å²) in [5.41, 5.74) is 2.96. The van der Waals surface area contributed by atoms with Gasteiger partial charge in [-0.25, -0.2) is 12.8 Å². The zero-order valence-electron chi connectivity index (χ0n) is 19.6. The van der Waals surface area contributed by atoms with Crippen molar-refractivity contribution in [3.63, 3.8) is 0 Å². The minimum absolute atomic E-state index is 0.0303. The number of rotatable bonds is 7. The number of nitrogens with zero attached hydrogens (tertiary/aromatic N) is 3. The van der Waals surface area contributed by atoms with Crippen molar-refractivity contribution in [1.82, 2.24) is 14.4 Å². The Morgan fingerprint density at radius 1 is 1.03 bits per heavy atom. The van der Waals surface area contributed by atoms with Crippen LogP contribution in [0.5, 0.6) is 0 Å². The fourth-order valence-corrected chi connectivity index (χ4v) is 6.63. The second kappa shape index (κ2) is 9.97.